The summed E-state index contributed by atoms with van der Waals surface area (Å²) in [7, 11) is -2.20. The number of aliphatic hydroxyl groups excluding tert-OH is 1. The molecular formula is C13H15ClN2O3S2. The molecule has 0 aliphatic heterocycles. The van der Waals surface area contributed by atoms with Crippen LogP contribution in [0.1, 0.15) is 16.8 Å². The third-order valence-electron chi connectivity index (χ3n) is 3.16. The molecule has 0 amide bonds. The van der Waals surface area contributed by atoms with Crippen LogP contribution >= 0.6 is 22.9 Å². The van der Waals surface area contributed by atoms with E-state index >= 15 is 0 Å². The molecule has 0 aliphatic rings. The van der Waals surface area contributed by atoms with Crippen LogP contribution in [0.4, 0.5) is 0 Å². The summed E-state index contributed by atoms with van der Waals surface area (Å²) in [6.45, 7) is 1.59. The van der Waals surface area contributed by atoms with Gasteiger partial charge in [0.1, 0.15) is 0 Å². The van der Waals surface area contributed by atoms with Gasteiger partial charge in [0.25, 0.3) is 0 Å². The van der Waals surface area contributed by atoms with Crippen LogP contribution in [0.3, 0.4) is 0 Å². The van der Waals surface area contributed by atoms with Crippen LogP contribution in [0.2, 0.25) is 5.02 Å². The molecular weight excluding hydrogens is 332 g/mol. The van der Waals surface area contributed by atoms with E-state index in [0.717, 1.165) is 0 Å². The monoisotopic (exact) mass is 346 g/mol. The Labute approximate surface area is 132 Å². The number of thiazole rings is 1. The molecule has 0 bridgehead atoms. The summed E-state index contributed by atoms with van der Waals surface area (Å²) in [5, 5.41) is 11.4. The topological polar surface area (TPSA) is 70.5 Å². The maximum atomic E-state index is 12.7. The summed E-state index contributed by atoms with van der Waals surface area (Å²) in [5.74, 6) is 0. The Kier molecular flexibility index (Phi) is 5.00. The van der Waals surface area contributed by atoms with Gasteiger partial charge in [0.05, 0.1) is 29.3 Å². The van der Waals surface area contributed by atoms with Crippen LogP contribution in [0, 0.1) is 6.92 Å². The van der Waals surface area contributed by atoms with Crippen molar-refractivity contribution >= 4 is 33.0 Å². The van der Waals surface area contributed by atoms with Crippen LogP contribution in [0.5, 0.6) is 0 Å². The van der Waals surface area contributed by atoms with Crippen molar-refractivity contribution in [2.75, 3.05) is 7.05 Å². The van der Waals surface area contributed by atoms with Gasteiger partial charge < -0.3 is 5.11 Å². The number of rotatable bonds is 5. The van der Waals surface area contributed by atoms with Crippen LogP contribution in [0.25, 0.3) is 0 Å². The van der Waals surface area contributed by atoms with Crippen molar-refractivity contribution in [2.45, 2.75) is 25.0 Å². The largest absolute Gasteiger partial charge is 0.392 e. The summed E-state index contributed by atoms with van der Waals surface area (Å²) in [6.07, 6.45) is 0. The van der Waals surface area contributed by atoms with E-state index < -0.39 is 10.0 Å². The highest BCUT2D eigenvalue weighted by atomic mass is 35.5. The molecule has 2 rings (SSSR count). The molecule has 5 nitrogen and oxygen atoms in total. The first kappa shape index (κ1) is 16.4. The molecule has 114 valence electrons. The van der Waals surface area contributed by atoms with Gasteiger partial charge in [0, 0.05) is 17.5 Å². The van der Waals surface area contributed by atoms with E-state index in [9.17, 15) is 13.5 Å². The van der Waals surface area contributed by atoms with Crippen molar-refractivity contribution in [2.24, 2.45) is 0 Å². The second kappa shape index (κ2) is 6.41. The minimum atomic E-state index is -3.70. The normalized spacial score (nSPS) is 12.0. The van der Waals surface area contributed by atoms with Gasteiger partial charge in [0.2, 0.25) is 10.0 Å². The lowest BCUT2D eigenvalue weighted by atomic mass is 10.1. The predicted molar refractivity (Wildman–Crippen MR) is 82.9 cm³/mol. The Balaban J connectivity index is 2.41. The number of sulfonamides is 1. The average molecular weight is 347 g/mol. The van der Waals surface area contributed by atoms with Gasteiger partial charge in [-0.05, 0) is 30.2 Å². The standard InChI is InChI=1S/C13H15ClN2O3S2/c1-9-10(6-17)3-11(14)4-13(9)21(18,19)16(2)5-12-7-20-8-15-12/h3-4,7-8,17H,5-6H2,1-2H3. The second-order valence-electron chi connectivity index (χ2n) is 4.59. The Hall–Kier alpha value is -0.990. The third-order valence-corrected chi connectivity index (χ3v) is 5.94. The Bertz CT molecular complexity index is 730. The molecule has 21 heavy (non-hydrogen) atoms. The number of benzene rings is 1. The van der Waals surface area contributed by atoms with Gasteiger partial charge in [0.15, 0.2) is 0 Å². The van der Waals surface area contributed by atoms with E-state index in [1.807, 2.05) is 0 Å². The fourth-order valence-corrected chi connectivity index (χ4v) is 4.22. The van der Waals surface area contributed by atoms with Crippen LogP contribution in [-0.4, -0.2) is 29.9 Å². The Morgan fingerprint density at radius 1 is 1.43 bits per heavy atom. The van der Waals surface area contributed by atoms with Crippen molar-refractivity contribution in [1.82, 2.24) is 9.29 Å². The maximum absolute atomic E-state index is 12.7. The van der Waals surface area contributed by atoms with E-state index in [1.165, 1.54) is 28.8 Å². The first-order valence-electron chi connectivity index (χ1n) is 6.09. The lowest BCUT2D eigenvalue weighted by molar-refractivity contribution is 0.280. The minimum absolute atomic E-state index is 0.108. The zero-order chi connectivity index (χ0) is 15.6. The molecule has 1 aromatic carbocycles. The molecule has 0 unspecified atom stereocenters. The Morgan fingerprint density at radius 3 is 2.71 bits per heavy atom. The molecule has 1 heterocycles. The van der Waals surface area contributed by atoms with Gasteiger partial charge in [-0.25, -0.2) is 13.4 Å². The predicted octanol–water partition coefficient (Wildman–Crippen LogP) is 2.42. The molecule has 1 N–H and O–H groups in total. The second-order valence-corrected chi connectivity index (χ2v) is 7.76. The van der Waals surface area contributed by atoms with Crippen molar-refractivity contribution in [1.29, 1.82) is 0 Å². The quantitative estimate of drug-likeness (QED) is 0.902. The molecule has 1 aromatic heterocycles. The highest BCUT2D eigenvalue weighted by molar-refractivity contribution is 7.89. The van der Waals surface area contributed by atoms with Gasteiger partial charge in [-0.15, -0.1) is 11.3 Å². The summed E-state index contributed by atoms with van der Waals surface area (Å²) in [4.78, 5) is 4.19. The zero-order valence-electron chi connectivity index (χ0n) is 11.6. The number of aliphatic hydroxyl groups is 1. The maximum Gasteiger partial charge on any atom is 0.243 e. The third kappa shape index (κ3) is 3.44. The van der Waals surface area contributed by atoms with Gasteiger partial charge >= 0.3 is 0 Å². The first-order valence-corrected chi connectivity index (χ1v) is 8.85. The van der Waals surface area contributed by atoms with Gasteiger partial charge in [-0.2, -0.15) is 4.31 Å². The molecule has 0 saturated carbocycles. The molecule has 2 aromatic rings. The van der Waals surface area contributed by atoms with Crippen LogP contribution in [-0.2, 0) is 23.2 Å². The lowest BCUT2D eigenvalue weighted by Crippen LogP contribution is -2.27. The van der Waals surface area contributed by atoms with Crippen LogP contribution in [0.15, 0.2) is 27.9 Å². The van der Waals surface area contributed by atoms with Crippen molar-refractivity contribution in [3.8, 4) is 0 Å². The smallest absolute Gasteiger partial charge is 0.243 e. The van der Waals surface area contributed by atoms with Crippen molar-refractivity contribution in [3.05, 3.63) is 44.9 Å². The Morgan fingerprint density at radius 2 is 2.14 bits per heavy atom. The first-order chi connectivity index (χ1) is 9.86. The highest BCUT2D eigenvalue weighted by Crippen LogP contribution is 2.27. The van der Waals surface area contributed by atoms with Crippen molar-refractivity contribution < 1.29 is 13.5 Å². The summed E-state index contributed by atoms with van der Waals surface area (Å²) in [6, 6.07) is 2.97. The number of halogens is 1. The lowest BCUT2D eigenvalue weighted by Gasteiger charge is -2.19. The minimum Gasteiger partial charge on any atom is -0.392 e. The summed E-state index contributed by atoms with van der Waals surface area (Å²) in [5.41, 5.74) is 3.35. The fourth-order valence-electron chi connectivity index (χ4n) is 1.94. The molecule has 0 spiro atoms. The van der Waals surface area contributed by atoms with E-state index in [4.69, 9.17) is 11.6 Å². The molecule has 0 radical (unpaired) electrons. The van der Waals surface area contributed by atoms with Gasteiger partial charge in [-0.3, -0.25) is 0 Å². The van der Waals surface area contributed by atoms with E-state index in [0.29, 0.717) is 16.8 Å². The number of hydrogen-bond acceptors (Lipinski definition) is 5. The molecule has 0 saturated heterocycles. The van der Waals surface area contributed by atoms with E-state index in [1.54, 1.807) is 23.9 Å². The highest BCUT2D eigenvalue weighted by Gasteiger charge is 2.25. The summed E-state index contributed by atoms with van der Waals surface area (Å²) < 4.78 is 26.5. The fraction of sp³-hybridized carbons (Fsp3) is 0.308. The molecule has 0 aliphatic carbocycles. The average Bonchev–Trinajstić information content (AvgIpc) is 2.93. The van der Waals surface area contributed by atoms with Crippen LogP contribution < -0.4 is 0 Å². The zero-order valence-corrected chi connectivity index (χ0v) is 14.0. The molecule has 8 heteroatoms. The number of aromatic nitrogens is 1. The van der Waals surface area contributed by atoms with E-state index in [2.05, 4.69) is 4.98 Å². The summed E-state index contributed by atoms with van der Waals surface area (Å²) >= 11 is 7.36. The number of hydrogen-bond donors (Lipinski definition) is 1. The molecule has 0 atom stereocenters. The molecule has 0 fully saturated rings. The van der Waals surface area contributed by atoms with Crippen molar-refractivity contribution in [3.63, 3.8) is 0 Å². The SMILES string of the molecule is Cc1c(CO)cc(Cl)cc1S(=O)(=O)N(C)Cc1cscn1. The number of nitrogens with zero attached hydrogens (tertiary/aromatic N) is 2. The van der Waals surface area contributed by atoms with Gasteiger partial charge in [-0.1, -0.05) is 11.6 Å². The van der Waals surface area contributed by atoms with E-state index in [-0.39, 0.29) is 23.1 Å².